The summed E-state index contributed by atoms with van der Waals surface area (Å²) in [7, 11) is -3.44. The van der Waals surface area contributed by atoms with E-state index in [0.717, 1.165) is 23.0 Å². The first-order chi connectivity index (χ1) is 8.05. The van der Waals surface area contributed by atoms with E-state index >= 15 is 0 Å². The number of hydrogen-bond acceptors (Lipinski definition) is 4. The lowest BCUT2D eigenvalue weighted by molar-refractivity contribution is 0.155. The van der Waals surface area contributed by atoms with Crippen LogP contribution in [0.3, 0.4) is 0 Å². The third kappa shape index (κ3) is 2.73. The van der Waals surface area contributed by atoms with Crippen LogP contribution in [0.5, 0.6) is 0 Å². The molecule has 17 heavy (non-hydrogen) atoms. The van der Waals surface area contributed by atoms with Crippen molar-refractivity contribution in [2.45, 2.75) is 29.5 Å². The van der Waals surface area contributed by atoms with Crippen LogP contribution in [0, 0.1) is 0 Å². The maximum Gasteiger partial charge on any atom is 0.252 e. The molecule has 2 rings (SSSR count). The molecule has 2 heterocycles. The van der Waals surface area contributed by atoms with Crippen LogP contribution in [0.15, 0.2) is 20.1 Å². The van der Waals surface area contributed by atoms with E-state index in [9.17, 15) is 13.5 Å². The normalized spacial score (nSPS) is 22.8. The summed E-state index contributed by atoms with van der Waals surface area (Å²) < 4.78 is 27.3. The van der Waals surface area contributed by atoms with Gasteiger partial charge in [-0.1, -0.05) is 6.42 Å². The Labute approximate surface area is 113 Å². The van der Waals surface area contributed by atoms with Crippen molar-refractivity contribution < 1.29 is 13.5 Å². The molecule has 0 aliphatic carbocycles. The SMILES string of the molecule is O=S(=O)(c1ccc(Br)s1)N1CCCC[C@@H]1CO. The van der Waals surface area contributed by atoms with Crippen molar-refractivity contribution in [2.75, 3.05) is 13.2 Å². The number of sulfonamides is 1. The van der Waals surface area contributed by atoms with Crippen LogP contribution in [0.1, 0.15) is 19.3 Å². The second-order valence-corrected chi connectivity index (χ2v) is 8.59. The molecule has 1 aromatic heterocycles. The predicted octanol–water partition coefficient (Wildman–Crippen LogP) is 2.05. The summed E-state index contributed by atoms with van der Waals surface area (Å²) in [6, 6.07) is 3.07. The summed E-state index contributed by atoms with van der Waals surface area (Å²) in [6.07, 6.45) is 2.58. The molecule has 0 spiro atoms. The Morgan fingerprint density at radius 3 is 2.82 bits per heavy atom. The molecule has 1 atom stereocenters. The zero-order chi connectivity index (χ0) is 12.5. The van der Waals surface area contributed by atoms with Gasteiger partial charge in [-0.05, 0) is 40.9 Å². The fraction of sp³-hybridized carbons (Fsp3) is 0.600. The van der Waals surface area contributed by atoms with E-state index < -0.39 is 10.0 Å². The third-order valence-electron chi connectivity index (χ3n) is 2.90. The maximum atomic E-state index is 12.4. The summed E-state index contributed by atoms with van der Waals surface area (Å²) in [5, 5.41) is 9.26. The first-order valence-corrected chi connectivity index (χ1v) is 8.48. The molecule has 0 aromatic carbocycles. The minimum absolute atomic E-state index is 0.105. The fourth-order valence-electron chi connectivity index (χ4n) is 2.02. The standard InChI is InChI=1S/C10H14BrNO3S2/c11-9-4-5-10(16-9)17(14,15)12-6-2-1-3-8(12)7-13/h4-5,8,13H,1-3,6-7H2/t8-/m1/s1. The summed E-state index contributed by atoms with van der Waals surface area (Å²) in [5.41, 5.74) is 0. The van der Waals surface area contributed by atoms with Gasteiger partial charge >= 0.3 is 0 Å². The Morgan fingerprint density at radius 1 is 1.47 bits per heavy atom. The number of halogens is 1. The van der Waals surface area contributed by atoms with E-state index in [1.807, 2.05) is 0 Å². The highest BCUT2D eigenvalue weighted by Gasteiger charge is 2.33. The number of rotatable bonds is 3. The molecular weight excluding hydrogens is 326 g/mol. The van der Waals surface area contributed by atoms with Gasteiger partial charge in [0.25, 0.3) is 10.0 Å². The average molecular weight is 340 g/mol. The lowest BCUT2D eigenvalue weighted by atomic mass is 10.1. The highest BCUT2D eigenvalue weighted by molar-refractivity contribution is 9.11. The molecule has 1 aliphatic rings. The third-order valence-corrected chi connectivity index (χ3v) is 6.94. The fourth-order valence-corrected chi connectivity index (χ4v) is 5.85. The molecular formula is C10H14BrNO3S2. The van der Waals surface area contributed by atoms with Crippen LogP contribution in [0.2, 0.25) is 0 Å². The Morgan fingerprint density at radius 2 is 2.24 bits per heavy atom. The monoisotopic (exact) mass is 339 g/mol. The molecule has 1 aliphatic heterocycles. The van der Waals surface area contributed by atoms with Gasteiger partial charge in [-0.25, -0.2) is 8.42 Å². The number of piperidine rings is 1. The number of aliphatic hydroxyl groups excluding tert-OH is 1. The van der Waals surface area contributed by atoms with Gasteiger partial charge in [-0.15, -0.1) is 11.3 Å². The van der Waals surface area contributed by atoms with Crippen LogP contribution in [-0.2, 0) is 10.0 Å². The van der Waals surface area contributed by atoms with E-state index in [-0.39, 0.29) is 12.6 Å². The molecule has 0 amide bonds. The predicted molar refractivity (Wildman–Crippen MR) is 70.6 cm³/mol. The van der Waals surface area contributed by atoms with Crippen molar-refractivity contribution in [1.29, 1.82) is 0 Å². The molecule has 1 N–H and O–H groups in total. The molecule has 1 fully saturated rings. The maximum absolute atomic E-state index is 12.4. The largest absolute Gasteiger partial charge is 0.395 e. The quantitative estimate of drug-likeness (QED) is 0.916. The number of aliphatic hydroxyl groups is 1. The lowest BCUT2D eigenvalue weighted by Crippen LogP contribution is -2.45. The Balaban J connectivity index is 2.30. The molecule has 0 unspecified atom stereocenters. The Bertz CT molecular complexity index is 485. The van der Waals surface area contributed by atoms with Gasteiger partial charge < -0.3 is 5.11 Å². The molecule has 0 radical (unpaired) electrons. The summed E-state index contributed by atoms with van der Waals surface area (Å²) in [5.74, 6) is 0. The minimum Gasteiger partial charge on any atom is -0.395 e. The van der Waals surface area contributed by atoms with Crippen LogP contribution >= 0.6 is 27.3 Å². The van der Waals surface area contributed by atoms with Crippen LogP contribution in [-0.4, -0.2) is 37.0 Å². The molecule has 96 valence electrons. The summed E-state index contributed by atoms with van der Waals surface area (Å²) in [6.45, 7) is 0.398. The smallest absolute Gasteiger partial charge is 0.252 e. The molecule has 0 saturated carbocycles. The highest BCUT2D eigenvalue weighted by Crippen LogP contribution is 2.31. The minimum atomic E-state index is -3.44. The molecule has 4 nitrogen and oxygen atoms in total. The number of thiophene rings is 1. The lowest BCUT2D eigenvalue weighted by Gasteiger charge is -2.32. The zero-order valence-electron chi connectivity index (χ0n) is 9.17. The van der Waals surface area contributed by atoms with E-state index in [2.05, 4.69) is 15.9 Å². The first kappa shape index (κ1) is 13.5. The Kier molecular flexibility index (Phi) is 4.25. The second kappa shape index (κ2) is 5.36. The van der Waals surface area contributed by atoms with Crippen LogP contribution in [0.25, 0.3) is 0 Å². The summed E-state index contributed by atoms with van der Waals surface area (Å²) in [4.78, 5) is 0. The van der Waals surface area contributed by atoms with Crippen LogP contribution < -0.4 is 0 Å². The van der Waals surface area contributed by atoms with Gasteiger partial charge in [-0.3, -0.25) is 0 Å². The van der Waals surface area contributed by atoms with Crippen molar-refractivity contribution in [2.24, 2.45) is 0 Å². The second-order valence-electron chi connectivity index (χ2n) is 4.01. The van der Waals surface area contributed by atoms with Crippen molar-refractivity contribution >= 4 is 37.3 Å². The van der Waals surface area contributed by atoms with Crippen molar-refractivity contribution in [3.8, 4) is 0 Å². The number of hydrogen-bond donors (Lipinski definition) is 1. The number of nitrogens with zero attached hydrogens (tertiary/aromatic N) is 1. The summed E-state index contributed by atoms with van der Waals surface area (Å²) >= 11 is 4.47. The van der Waals surface area contributed by atoms with Gasteiger partial charge in [-0.2, -0.15) is 4.31 Å². The van der Waals surface area contributed by atoms with Crippen molar-refractivity contribution in [1.82, 2.24) is 4.31 Å². The molecule has 1 aromatic rings. The average Bonchev–Trinajstić information content (AvgIpc) is 2.76. The van der Waals surface area contributed by atoms with Gasteiger partial charge in [0.1, 0.15) is 4.21 Å². The van der Waals surface area contributed by atoms with Crippen LogP contribution in [0.4, 0.5) is 0 Å². The Hall–Kier alpha value is 0.0500. The first-order valence-electron chi connectivity index (χ1n) is 5.44. The topological polar surface area (TPSA) is 57.6 Å². The van der Waals surface area contributed by atoms with Crippen molar-refractivity contribution in [3.05, 3.63) is 15.9 Å². The molecule has 7 heteroatoms. The van der Waals surface area contributed by atoms with E-state index in [1.54, 1.807) is 12.1 Å². The van der Waals surface area contributed by atoms with Crippen molar-refractivity contribution in [3.63, 3.8) is 0 Å². The van der Waals surface area contributed by atoms with E-state index in [1.165, 1.54) is 15.6 Å². The van der Waals surface area contributed by atoms with Gasteiger partial charge in [0, 0.05) is 12.6 Å². The van der Waals surface area contributed by atoms with E-state index in [0.29, 0.717) is 10.8 Å². The van der Waals surface area contributed by atoms with Gasteiger partial charge in [0.15, 0.2) is 0 Å². The van der Waals surface area contributed by atoms with E-state index in [4.69, 9.17) is 0 Å². The van der Waals surface area contributed by atoms with Gasteiger partial charge in [0.2, 0.25) is 0 Å². The zero-order valence-corrected chi connectivity index (χ0v) is 12.4. The highest BCUT2D eigenvalue weighted by atomic mass is 79.9. The molecule has 0 bridgehead atoms. The van der Waals surface area contributed by atoms with Gasteiger partial charge in [0.05, 0.1) is 10.4 Å². The molecule has 1 saturated heterocycles.